The summed E-state index contributed by atoms with van der Waals surface area (Å²) >= 11 is 0. The topological polar surface area (TPSA) is 100 Å². The van der Waals surface area contributed by atoms with E-state index >= 15 is 0 Å². The summed E-state index contributed by atoms with van der Waals surface area (Å²) in [4.78, 5) is 12.7. The molecular weight excluding hydrogens is 536 g/mol. The van der Waals surface area contributed by atoms with E-state index < -0.39 is 34.9 Å². The van der Waals surface area contributed by atoms with Gasteiger partial charge in [0.05, 0.1) is 11.2 Å². The molecule has 0 unspecified atom stereocenters. The lowest BCUT2D eigenvalue weighted by atomic mass is 9.75. The highest BCUT2D eigenvalue weighted by Gasteiger charge is 2.52. The van der Waals surface area contributed by atoms with Crippen LogP contribution in [0, 0.1) is 6.92 Å². The summed E-state index contributed by atoms with van der Waals surface area (Å²) in [6.45, 7) is 9.22. The molecule has 210 valence electrons. The minimum atomic E-state index is -5.29. The molecule has 1 aliphatic heterocycles. The van der Waals surface area contributed by atoms with E-state index in [4.69, 9.17) is 14.0 Å². The van der Waals surface area contributed by atoms with E-state index in [2.05, 4.69) is 21.6 Å². The van der Waals surface area contributed by atoms with Gasteiger partial charge < -0.3 is 23.5 Å². The average Bonchev–Trinajstić information content (AvgIpc) is 3.31. The molecule has 40 heavy (non-hydrogen) atoms. The molecule has 0 spiro atoms. The fourth-order valence-electron chi connectivity index (χ4n) is 5.10. The number of amides is 1. The van der Waals surface area contributed by atoms with Crippen molar-refractivity contribution >= 4 is 29.2 Å². The van der Waals surface area contributed by atoms with Crippen LogP contribution in [0.3, 0.4) is 0 Å². The monoisotopic (exact) mass is 567 g/mol. The van der Waals surface area contributed by atoms with Crippen molar-refractivity contribution in [3.63, 3.8) is 0 Å². The molecule has 5 rings (SSSR count). The first kappa shape index (κ1) is 28.1. The molecule has 1 saturated heterocycles. The van der Waals surface area contributed by atoms with Gasteiger partial charge >= 0.3 is 23.7 Å². The van der Waals surface area contributed by atoms with Gasteiger partial charge in [0.2, 0.25) is 0 Å². The number of halogens is 1. The highest BCUT2D eigenvalue weighted by atomic mass is 32.3. The van der Waals surface area contributed by atoms with Gasteiger partial charge in [0.1, 0.15) is 12.4 Å². The number of ether oxygens (including phenoxy) is 1. The summed E-state index contributed by atoms with van der Waals surface area (Å²) in [5, 5.41) is 2.69. The molecule has 0 atom stereocenters. The molecular formula is C29H31BFNO7S. The van der Waals surface area contributed by atoms with Crippen molar-refractivity contribution in [2.24, 2.45) is 0 Å². The predicted molar refractivity (Wildman–Crippen MR) is 149 cm³/mol. The molecule has 2 aliphatic rings. The van der Waals surface area contributed by atoms with Crippen LogP contribution in [0.2, 0.25) is 0 Å². The third-order valence-electron chi connectivity index (χ3n) is 7.94. The third kappa shape index (κ3) is 5.46. The first-order valence-corrected chi connectivity index (χ1v) is 14.3. The zero-order valence-electron chi connectivity index (χ0n) is 23.0. The van der Waals surface area contributed by atoms with Gasteiger partial charge in [-0.2, -0.15) is 8.42 Å². The van der Waals surface area contributed by atoms with Gasteiger partial charge in [-0.3, -0.25) is 0 Å². The van der Waals surface area contributed by atoms with Crippen LogP contribution in [0.15, 0.2) is 60.7 Å². The van der Waals surface area contributed by atoms with E-state index in [1.165, 1.54) is 6.07 Å². The summed E-state index contributed by atoms with van der Waals surface area (Å²) in [7, 11) is -6.15. The maximum absolute atomic E-state index is 13.5. The molecule has 0 bridgehead atoms. The van der Waals surface area contributed by atoms with Crippen LogP contribution in [-0.4, -0.2) is 39.4 Å². The normalized spacial score (nSPS) is 17.3. The quantitative estimate of drug-likeness (QED) is 0.320. The molecule has 1 N–H and O–H groups in total. The van der Waals surface area contributed by atoms with Crippen molar-refractivity contribution in [3.05, 3.63) is 82.9 Å². The van der Waals surface area contributed by atoms with Crippen molar-refractivity contribution in [2.75, 3.05) is 6.61 Å². The molecule has 1 heterocycles. The fourth-order valence-corrected chi connectivity index (χ4v) is 5.49. The number of rotatable bonds is 7. The van der Waals surface area contributed by atoms with Gasteiger partial charge in [-0.05, 0) is 79.5 Å². The third-order valence-corrected chi connectivity index (χ3v) is 8.32. The van der Waals surface area contributed by atoms with Gasteiger partial charge in [-0.1, -0.05) is 58.5 Å². The summed E-state index contributed by atoms with van der Waals surface area (Å²) in [5.41, 5.74) is 4.36. The molecule has 8 nitrogen and oxygen atoms in total. The maximum atomic E-state index is 13.5. The van der Waals surface area contributed by atoms with Crippen molar-refractivity contribution in [1.82, 2.24) is 5.32 Å². The second-order valence-corrected chi connectivity index (χ2v) is 12.0. The highest BCUT2D eigenvalue weighted by molar-refractivity contribution is 7.81. The van der Waals surface area contributed by atoms with Gasteiger partial charge in [-0.25, -0.2) is 4.79 Å². The van der Waals surface area contributed by atoms with E-state index in [9.17, 15) is 17.1 Å². The number of fused-ring (bicyclic) bond motifs is 3. The van der Waals surface area contributed by atoms with Crippen LogP contribution in [0.4, 0.5) is 8.68 Å². The first-order valence-electron chi connectivity index (χ1n) is 13.0. The first-order chi connectivity index (χ1) is 18.8. The Hall–Kier alpha value is -3.41. The molecule has 3 aromatic carbocycles. The van der Waals surface area contributed by atoms with Gasteiger partial charge in [0.25, 0.3) is 0 Å². The van der Waals surface area contributed by atoms with Crippen molar-refractivity contribution in [2.45, 2.75) is 58.3 Å². The standard InChI is InChI=1S/C29H31BFNO7S/c1-18-25(30-38-28(2,3)29(4,5)39-30)14-19(15-26(18)37-40(31,34)35)16-32-27(33)36-17-24-22-12-8-6-10-20(22)21-11-7-9-13-23(21)24/h6-15,24H,16-17H2,1-5H3,(H,32,33). The summed E-state index contributed by atoms with van der Waals surface area (Å²) in [6.07, 6.45) is -0.653. The lowest BCUT2D eigenvalue weighted by Gasteiger charge is -2.32. The number of carbonyl (C=O) groups is 1. The fraction of sp³-hybridized carbons (Fsp3) is 0.345. The minimum absolute atomic E-state index is 0.0356. The summed E-state index contributed by atoms with van der Waals surface area (Å²) < 4.78 is 58.6. The van der Waals surface area contributed by atoms with Crippen LogP contribution in [-0.2, 0) is 31.1 Å². The lowest BCUT2D eigenvalue weighted by Crippen LogP contribution is -2.41. The van der Waals surface area contributed by atoms with Crippen molar-refractivity contribution in [1.29, 1.82) is 0 Å². The molecule has 0 aromatic heterocycles. The Labute approximate surface area is 234 Å². The van der Waals surface area contributed by atoms with E-state index in [0.29, 0.717) is 16.6 Å². The highest BCUT2D eigenvalue weighted by Crippen LogP contribution is 2.44. The van der Waals surface area contributed by atoms with Crippen LogP contribution < -0.4 is 15.0 Å². The Morgan fingerprint density at radius 2 is 1.52 bits per heavy atom. The zero-order valence-corrected chi connectivity index (χ0v) is 23.8. The van der Waals surface area contributed by atoms with Gasteiger partial charge in [0, 0.05) is 12.5 Å². The Morgan fingerprint density at radius 3 is 2.08 bits per heavy atom. The Bertz CT molecular complexity index is 1510. The van der Waals surface area contributed by atoms with E-state index in [-0.39, 0.29) is 24.8 Å². The second kappa shape index (κ2) is 10.2. The SMILES string of the molecule is Cc1c(OS(=O)(=O)F)cc(CNC(=O)OCC2c3ccccc3-c3ccccc32)cc1B1OC(C)(C)C(C)(C)O1. The van der Waals surface area contributed by atoms with Gasteiger partial charge in [-0.15, -0.1) is 0 Å². The Balaban J connectivity index is 1.32. The lowest BCUT2D eigenvalue weighted by molar-refractivity contribution is 0.00578. The predicted octanol–water partition coefficient (Wildman–Crippen LogP) is 4.93. The molecule has 3 aromatic rings. The largest absolute Gasteiger partial charge is 0.495 e. The van der Waals surface area contributed by atoms with Crippen LogP contribution >= 0.6 is 0 Å². The number of benzene rings is 3. The average molecular weight is 567 g/mol. The summed E-state index contributed by atoms with van der Waals surface area (Å²) in [5.74, 6) is -0.318. The number of carbonyl (C=O) groups excluding carboxylic acids is 1. The maximum Gasteiger partial charge on any atom is 0.495 e. The van der Waals surface area contributed by atoms with Crippen molar-refractivity contribution in [3.8, 4) is 16.9 Å². The number of alkyl carbamates (subject to hydrolysis) is 1. The minimum Gasteiger partial charge on any atom is -0.449 e. The van der Waals surface area contributed by atoms with Crippen molar-refractivity contribution < 1.29 is 35.3 Å². The molecule has 0 saturated carbocycles. The van der Waals surface area contributed by atoms with Crippen LogP contribution in [0.25, 0.3) is 11.1 Å². The van der Waals surface area contributed by atoms with Gasteiger partial charge in [0.15, 0.2) is 0 Å². The van der Waals surface area contributed by atoms with E-state index in [0.717, 1.165) is 22.3 Å². The second-order valence-electron chi connectivity index (χ2n) is 11.1. The Kier molecular flexibility index (Phi) is 7.18. The molecule has 11 heteroatoms. The number of hydrogen-bond donors (Lipinski definition) is 1. The Morgan fingerprint density at radius 1 is 0.975 bits per heavy atom. The van der Waals surface area contributed by atoms with Crippen LogP contribution in [0.1, 0.15) is 55.9 Å². The summed E-state index contributed by atoms with van der Waals surface area (Å²) in [6, 6.07) is 19.1. The van der Waals surface area contributed by atoms with E-state index in [1.807, 2.05) is 64.1 Å². The smallest absolute Gasteiger partial charge is 0.449 e. The van der Waals surface area contributed by atoms with Crippen LogP contribution in [0.5, 0.6) is 5.75 Å². The number of hydrogen-bond acceptors (Lipinski definition) is 7. The number of nitrogens with one attached hydrogen (secondary N) is 1. The zero-order chi connectivity index (χ0) is 28.9. The van der Waals surface area contributed by atoms with E-state index in [1.54, 1.807) is 13.0 Å². The molecule has 1 aliphatic carbocycles. The molecule has 1 amide bonds. The molecule has 0 radical (unpaired) electrons. The molecule has 1 fully saturated rings.